The summed E-state index contributed by atoms with van der Waals surface area (Å²) in [6, 6.07) is 17.1. The Hall–Kier alpha value is -2.70. The van der Waals surface area contributed by atoms with Crippen LogP contribution in [0.1, 0.15) is 33.6 Å². The van der Waals surface area contributed by atoms with Crippen LogP contribution in [0.2, 0.25) is 0 Å². The summed E-state index contributed by atoms with van der Waals surface area (Å²) < 4.78 is 0. The highest BCUT2D eigenvalue weighted by molar-refractivity contribution is 5.87. The number of carbonyl (C=O) groups is 2. The molecule has 2 bridgehead atoms. The summed E-state index contributed by atoms with van der Waals surface area (Å²) in [5, 5.41) is 16.8. The van der Waals surface area contributed by atoms with Gasteiger partial charge in [-0.2, -0.15) is 0 Å². The van der Waals surface area contributed by atoms with Crippen molar-refractivity contribution in [2.45, 2.75) is 18.9 Å². The molecule has 0 amide bonds. The van der Waals surface area contributed by atoms with Crippen LogP contribution < -0.4 is 5.73 Å². The molecule has 144 valence electrons. The van der Waals surface area contributed by atoms with Crippen molar-refractivity contribution in [3.8, 4) is 0 Å². The van der Waals surface area contributed by atoms with E-state index in [0.29, 0.717) is 17.2 Å². The number of hydrogen-bond donors (Lipinski definition) is 3. The molecular formula is C21H26N2O4. The van der Waals surface area contributed by atoms with Gasteiger partial charge in [-0.15, -0.1) is 0 Å². The molecule has 0 aliphatic carbocycles. The first-order valence-electron chi connectivity index (χ1n) is 9.02. The summed E-state index contributed by atoms with van der Waals surface area (Å²) in [5.74, 6) is -0.902. The van der Waals surface area contributed by atoms with Crippen molar-refractivity contribution in [1.29, 1.82) is 0 Å². The van der Waals surface area contributed by atoms with Crippen LogP contribution in [0.15, 0.2) is 60.7 Å². The molecule has 2 aromatic carbocycles. The van der Waals surface area contributed by atoms with Crippen LogP contribution in [0, 0.1) is 5.92 Å². The number of hydrogen-bond acceptors (Lipinski definition) is 4. The average Bonchev–Trinajstić information content (AvgIpc) is 2.71. The summed E-state index contributed by atoms with van der Waals surface area (Å²) >= 11 is 0. The first kappa shape index (κ1) is 20.6. The van der Waals surface area contributed by atoms with E-state index < -0.39 is 11.9 Å². The van der Waals surface area contributed by atoms with E-state index in [2.05, 4.69) is 4.90 Å². The lowest BCUT2D eigenvalue weighted by molar-refractivity contribution is 0.0686. The highest BCUT2D eigenvalue weighted by Gasteiger charge is 2.31. The monoisotopic (exact) mass is 370 g/mol. The predicted octanol–water partition coefficient (Wildman–Crippen LogP) is 2.81. The Morgan fingerprint density at radius 2 is 1.22 bits per heavy atom. The van der Waals surface area contributed by atoms with Crippen LogP contribution in [-0.4, -0.2) is 52.7 Å². The van der Waals surface area contributed by atoms with Gasteiger partial charge in [0.05, 0.1) is 11.1 Å². The van der Waals surface area contributed by atoms with Crippen LogP contribution >= 0.6 is 0 Å². The highest BCUT2D eigenvalue weighted by Crippen LogP contribution is 2.25. The van der Waals surface area contributed by atoms with E-state index >= 15 is 0 Å². The molecule has 4 N–H and O–H groups in total. The van der Waals surface area contributed by atoms with E-state index in [9.17, 15) is 9.59 Å². The van der Waals surface area contributed by atoms with E-state index in [1.807, 2.05) is 0 Å². The Kier molecular flexibility index (Phi) is 7.98. The lowest BCUT2D eigenvalue weighted by Crippen LogP contribution is -2.54. The van der Waals surface area contributed by atoms with Crippen LogP contribution in [0.3, 0.4) is 0 Å². The third kappa shape index (κ3) is 6.84. The fourth-order valence-electron chi connectivity index (χ4n) is 3.17. The third-order valence-corrected chi connectivity index (χ3v) is 4.75. The lowest BCUT2D eigenvalue weighted by Gasteiger charge is -2.43. The highest BCUT2D eigenvalue weighted by atomic mass is 16.4. The number of nitrogens with two attached hydrogens (primary N) is 1. The standard InChI is InChI=1S/C7H14N2.2C7H6O2/c8-7-5-9-3-1-6(7)2-4-9;2*8-7(9)6-4-2-1-3-5-6/h6-7H,1-5,8H2;2*1-5H,(H,8,9). The van der Waals surface area contributed by atoms with Crippen molar-refractivity contribution in [2.75, 3.05) is 19.6 Å². The summed E-state index contributed by atoms with van der Waals surface area (Å²) in [4.78, 5) is 22.9. The second-order valence-electron chi connectivity index (χ2n) is 6.64. The molecule has 6 heteroatoms. The topological polar surface area (TPSA) is 104 Å². The minimum atomic E-state index is -0.879. The van der Waals surface area contributed by atoms with Gasteiger partial charge in [-0.3, -0.25) is 0 Å². The molecule has 6 nitrogen and oxygen atoms in total. The smallest absolute Gasteiger partial charge is 0.335 e. The molecule has 3 saturated heterocycles. The maximum atomic E-state index is 10.2. The number of nitrogens with zero attached hydrogens (tertiary/aromatic N) is 1. The average molecular weight is 370 g/mol. The third-order valence-electron chi connectivity index (χ3n) is 4.75. The molecule has 0 spiro atoms. The van der Waals surface area contributed by atoms with Crippen molar-refractivity contribution >= 4 is 11.9 Å². The summed E-state index contributed by atoms with van der Waals surface area (Å²) in [6.45, 7) is 3.77. The molecule has 3 aliphatic heterocycles. The van der Waals surface area contributed by atoms with Crippen LogP contribution in [0.4, 0.5) is 0 Å². The van der Waals surface area contributed by atoms with Gasteiger partial charge in [-0.05, 0) is 56.1 Å². The molecule has 0 radical (unpaired) electrons. The van der Waals surface area contributed by atoms with Gasteiger partial charge in [0.1, 0.15) is 0 Å². The van der Waals surface area contributed by atoms with Gasteiger partial charge in [0, 0.05) is 12.6 Å². The maximum Gasteiger partial charge on any atom is 0.335 e. The molecule has 2 aromatic rings. The van der Waals surface area contributed by atoms with Crippen molar-refractivity contribution in [3.63, 3.8) is 0 Å². The Morgan fingerprint density at radius 1 is 0.815 bits per heavy atom. The van der Waals surface area contributed by atoms with Gasteiger partial charge in [0.2, 0.25) is 0 Å². The van der Waals surface area contributed by atoms with Crippen molar-refractivity contribution in [2.24, 2.45) is 11.7 Å². The molecule has 3 fully saturated rings. The van der Waals surface area contributed by atoms with Gasteiger partial charge in [0.25, 0.3) is 0 Å². The Bertz CT molecular complexity index is 664. The van der Waals surface area contributed by atoms with E-state index in [0.717, 1.165) is 12.5 Å². The zero-order chi connectivity index (χ0) is 19.6. The van der Waals surface area contributed by atoms with Crippen LogP contribution in [0.5, 0.6) is 0 Å². The number of aromatic carboxylic acids is 2. The van der Waals surface area contributed by atoms with E-state index in [4.69, 9.17) is 15.9 Å². The zero-order valence-corrected chi connectivity index (χ0v) is 15.2. The van der Waals surface area contributed by atoms with E-state index in [-0.39, 0.29) is 0 Å². The van der Waals surface area contributed by atoms with Gasteiger partial charge in [-0.1, -0.05) is 36.4 Å². The minimum Gasteiger partial charge on any atom is -0.478 e. The molecule has 0 saturated carbocycles. The second-order valence-corrected chi connectivity index (χ2v) is 6.64. The number of piperidine rings is 3. The van der Waals surface area contributed by atoms with E-state index in [1.165, 1.54) is 25.9 Å². The van der Waals surface area contributed by atoms with Crippen molar-refractivity contribution in [1.82, 2.24) is 4.90 Å². The number of rotatable bonds is 2. The van der Waals surface area contributed by atoms with Gasteiger partial charge < -0.3 is 20.8 Å². The second kappa shape index (κ2) is 10.4. The molecule has 5 rings (SSSR count). The number of carboxylic acids is 2. The van der Waals surface area contributed by atoms with Gasteiger partial charge >= 0.3 is 11.9 Å². The number of fused-ring (bicyclic) bond motifs is 3. The Morgan fingerprint density at radius 3 is 1.41 bits per heavy atom. The first-order chi connectivity index (χ1) is 13.0. The quantitative estimate of drug-likeness (QED) is 0.751. The molecule has 3 aliphatic rings. The maximum absolute atomic E-state index is 10.2. The molecule has 1 unspecified atom stereocenters. The van der Waals surface area contributed by atoms with Crippen LogP contribution in [0.25, 0.3) is 0 Å². The SMILES string of the molecule is NC1CN2CCC1CC2.O=C(O)c1ccccc1.O=C(O)c1ccccc1. The fraction of sp³-hybridized carbons (Fsp3) is 0.333. The molecule has 3 heterocycles. The Balaban J connectivity index is 0.000000145. The molecule has 0 aromatic heterocycles. The molecular weight excluding hydrogens is 344 g/mol. The first-order valence-corrected chi connectivity index (χ1v) is 9.02. The van der Waals surface area contributed by atoms with Gasteiger partial charge in [0.15, 0.2) is 0 Å². The normalized spacial score (nSPS) is 22.5. The van der Waals surface area contributed by atoms with Crippen molar-refractivity contribution < 1.29 is 19.8 Å². The summed E-state index contributed by atoms with van der Waals surface area (Å²) in [5.41, 5.74) is 6.54. The fourth-order valence-corrected chi connectivity index (χ4v) is 3.17. The number of carboxylic acid groups (broad SMARTS) is 2. The minimum absolute atomic E-state index is 0.331. The van der Waals surface area contributed by atoms with Gasteiger partial charge in [-0.25, -0.2) is 9.59 Å². The van der Waals surface area contributed by atoms with Crippen molar-refractivity contribution in [3.05, 3.63) is 71.8 Å². The Labute approximate surface area is 159 Å². The largest absolute Gasteiger partial charge is 0.478 e. The number of benzene rings is 2. The predicted molar refractivity (Wildman–Crippen MR) is 104 cm³/mol. The molecule has 27 heavy (non-hydrogen) atoms. The lowest BCUT2D eigenvalue weighted by atomic mass is 9.85. The molecule has 1 atom stereocenters. The summed E-state index contributed by atoms with van der Waals surface area (Å²) in [6.07, 6.45) is 2.70. The summed E-state index contributed by atoms with van der Waals surface area (Å²) in [7, 11) is 0. The van der Waals surface area contributed by atoms with E-state index in [1.54, 1.807) is 60.7 Å². The van der Waals surface area contributed by atoms with Crippen LogP contribution in [-0.2, 0) is 0 Å². The zero-order valence-electron chi connectivity index (χ0n) is 15.2.